The Morgan fingerprint density at radius 1 is 1.35 bits per heavy atom. The molecule has 1 heterocycles. The van der Waals surface area contributed by atoms with Gasteiger partial charge in [-0.05, 0) is 30.6 Å². The molecule has 0 N–H and O–H groups in total. The minimum Gasteiger partial charge on any atom is -0.274 e. The third-order valence-electron chi connectivity index (χ3n) is 5.72. The molecule has 96 valence electrons. The molecule has 17 heavy (non-hydrogen) atoms. The highest BCUT2D eigenvalue weighted by atomic mass is 32.2. The zero-order chi connectivity index (χ0) is 12.6. The van der Waals surface area contributed by atoms with E-state index in [9.17, 15) is 13.2 Å². The Labute approximate surface area is 102 Å². The van der Waals surface area contributed by atoms with Crippen LogP contribution in [0.2, 0.25) is 0 Å². The summed E-state index contributed by atoms with van der Waals surface area (Å²) in [6.07, 6.45) is 2.94. The zero-order valence-electron chi connectivity index (χ0n) is 10.6. The van der Waals surface area contributed by atoms with E-state index in [0.717, 1.165) is 19.3 Å². The fraction of sp³-hybridized carbons (Fsp3) is 0.917. The Kier molecular flexibility index (Phi) is 1.94. The zero-order valence-corrected chi connectivity index (χ0v) is 11.4. The summed E-state index contributed by atoms with van der Waals surface area (Å²) >= 11 is 0. The largest absolute Gasteiger partial charge is 0.274 e. The normalized spacial score (nSPS) is 45.0. The first-order valence-corrected chi connectivity index (χ1v) is 7.86. The highest BCUT2D eigenvalue weighted by Gasteiger charge is 2.71. The maximum Gasteiger partial charge on any atom is 0.238 e. The molecule has 2 bridgehead atoms. The van der Waals surface area contributed by atoms with Crippen molar-refractivity contribution in [3.63, 3.8) is 0 Å². The second-order valence-corrected chi connectivity index (χ2v) is 8.28. The van der Waals surface area contributed by atoms with Gasteiger partial charge in [-0.3, -0.25) is 4.79 Å². The summed E-state index contributed by atoms with van der Waals surface area (Å²) in [5, 5.41) is 0. The number of nitrogens with zero attached hydrogens (tertiary/aromatic N) is 1. The Morgan fingerprint density at radius 3 is 2.53 bits per heavy atom. The predicted molar refractivity (Wildman–Crippen MR) is 63.6 cm³/mol. The number of carbonyl (C=O) groups excluding carboxylic acids is 1. The standard InChI is InChI=1S/C12H19NO3S/c1-8(14)13-10-6-9-4-5-12(10,11(9,2)3)7-17(13,15)16/h9-10H,4-7H2,1-3H3/t9-,10-,12+/m1/s1. The van der Waals surface area contributed by atoms with Crippen LogP contribution in [0.1, 0.15) is 40.0 Å². The minimum absolute atomic E-state index is 0.0505. The Hall–Kier alpha value is -0.580. The van der Waals surface area contributed by atoms with Crippen LogP contribution in [0.4, 0.5) is 0 Å². The lowest BCUT2D eigenvalue weighted by atomic mass is 9.69. The summed E-state index contributed by atoms with van der Waals surface area (Å²) in [5.41, 5.74) is -0.128. The van der Waals surface area contributed by atoms with Crippen molar-refractivity contribution in [2.45, 2.75) is 46.1 Å². The molecule has 3 fully saturated rings. The maximum atomic E-state index is 12.2. The second kappa shape index (κ2) is 2.87. The summed E-state index contributed by atoms with van der Waals surface area (Å²) in [4.78, 5) is 11.6. The molecule has 5 heteroatoms. The van der Waals surface area contributed by atoms with Crippen molar-refractivity contribution in [1.29, 1.82) is 0 Å². The van der Waals surface area contributed by atoms with Crippen LogP contribution in [0.15, 0.2) is 0 Å². The van der Waals surface area contributed by atoms with Gasteiger partial charge in [0.05, 0.1) is 11.8 Å². The summed E-state index contributed by atoms with van der Waals surface area (Å²) in [6, 6.07) is -0.0706. The van der Waals surface area contributed by atoms with Crippen molar-refractivity contribution in [2.75, 3.05) is 5.75 Å². The van der Waals surface area contributed by atoms with Crippen LogP contribution in [-0.2, 0) is 14.8 Å². The van der Waals surface area contributed by atoms with Gasteiger partial charge in [0, 0.05) is 12.3 Å². The lowest BCUT2D eigenvalue weighted by Gasteiger charge is -2.36. The summed E-state index contributed by atoms with van der Waals surface area (Å²) in [5.74, 6) is 0.438. The third-order valence-corrected chi connectivity index (χ3v) is 7.71. The average Bonchev–Trinajstić information content (AvgIpc) is 2.62. The molecule has 3 rings (SSSR count). The molecule has 0 aromatic heterocycles. The van der Waals surface area contributed by atoms with Crippen LogP contribution in [0.3, 0.4) is 0 Å². The molecule has 2 aliphatic carbocycles. The van der Waals surface area contributed by atoms with E-state index in [4.69, 9.17) is 0 Å². The first kappa shape index (κ1) is 11.5. The van der Waals surface area contributed by atoms with Crippen LogP contribution >= 0.6 is 0 Å². The SMILES string of the molecule is CC(=O)N1[C@@H]2C[C@H]3CC[C@@]2(CS1(=O)=O)C3(C)C. The van der Waals surface area contributed by atoms with Gasteiger partial charge in [-0.15, -0.1) is 0 Å². The third kappa shape index (κ3) is 1.09. The van der Waals surface area contributed by atoms with Crippen molar-refractivity contribution >= 4 is 15.9 Å². The minimum atomic E-state index is -3.38. The van der Waals surface area contributed by atoms with Crippen molar-refractivity contribution in [3.05, 3.63) is 0 Å². The van der Waals surface area contributed by atoms with Gasteiger partial charge >= 0.3 is 0 Å². The number of rotatable bonds is 0. The van der Waals surface area contributed by atoms with Gasteiger partial charge in [-0.1, -0.05) is 13.8 Å². The van der Waals surface area contributed by atoms with Gasteiger partial charge in [0.25, 0.3) is 0 Å². The van der Waals surface area contributed by atoms with Gasteiger partial charge < -0.3 is 0 Å². The fourth-order valence-electron chi connectivity index (χ4n) is 4.70. The number of sulfonamides is 1. The van der Waals surface area contributed by atoms with E-state index in [1.54, 1.807) is 0 Å². The molecule has 1 saturated heterocycles. The predicted octanol–water partition coefficient (Wildman–Crippen LogP) is 1.37. The van der Waals surface area contributed by atoms with Gasteiger partial charge in [0.1, 0.15) is 0 Å². The molecule has 1 amide bonds. The van der Waals surface area contributed by atoms with Crippen LogP contribution in [0.5, 0.6) is 0 Å². The molecule has 0 radical (unpaired) electrons. The number of carbonyl (C=O) groups is 1. The van der Waals surface area contributed by atoms with E-state index in [1.807, 2.05) is 0 Å². The fourth-order valence-corrected chi connectivity index (χ4v) is 7.27. The molecule has 4 nitrogen and oxygen atoms in total. The van der Waals surface area contributed by atoms with E-state index in [-0.39, 0.29) is 28.5 Å². The molecule has 3 aliphatic rings. The van der Waals surface area contributed by atoms with Crippen LogP contribution in [-0.4, -0.2) is 30.4 Å². The maximum absolute atomic E-state index is 12.2. The van der Waals surface area contributed by atoms with Gasteiger partial charge in [0.15, 0.2) is 0 Å². The van der Waals surface area contributed by atoms with Crippen LogP contribution in [0.25, 0.3) is 0 Å². The Morgan fingerprint density at radius 2 is 2.00 bits per heavy atom. The highest BCUT2D eigenvalue weighted by molar-refractivity contribution is 7.90. The van der Waals surface area contributed by atoms with Crippen LogP contribution < -0.4 is 0 Å². The van der Waals surface area contributed by atoms with Crippen molar-refractivity contribution in [2.24, 2.45) is 16.7 Å². The molecule has 0 unspecified atom stereocenters. The summed E-state index contributed by atoms with van der Waals surface area (Å²) in [6.45, 7) is 5.74. The summed E-state index contributed by atoms with van der Waals surface area (Å²) in [7, 11) is -3.38. The molecule has 1 spiro atoms. The molecular weight excluding hydrogens is 238 g/mol. The van der Waals surface area contributed by atoms with Crippen LogP contribution in [0, 0.1) is 16.7 Å². The van der Waals surface area contributed by atoms with Crippen molar-refractivity contribution < 1.29 is 13.2 Å². The number of hydrogen-bond acceptors (Lipinski definition) is 3. The van der Waals surface area contributed by atoms with Crippen molar-refractivity contribution in [3.8, 4) is 0 Å². The number of fused-ring (bicyclic) bond motifs is 1. The topological polar surface area (TPSA) is 54.5 Å². The van der Waals surface area contributed by atoms with Gasteiger partial charge in [0.2, 0.25) is 15.9 Å². The lowest BCUT2D eigenvalue weighted by Crippen LogP contribution is -2.43. The highest BCUT2D eigenvalue weighted by Crippen LogP contribution is 2.69. The molecule has 3 atom stereocenters. The van der Waals surface area contributed by atoms with Gasteiger partial charge in [-0.25, -0.2) is 12.7 Å². The second-order valence-electron chi connectivity index (χ2n) is 6.44. The van der Waals surface area contributed by atoms with E-state index in [1.165, 1.54) is 11.2 Å². The molecule has 0 aromatic carbocycles. The lowest BCUT2D eigenvalue weighted by molar-refractivity contribution is -0.126. The Bertz CT molecular complexity index is 496. The Balaban J connectivity index is 2.15. The first-order valence-electron chi connectivity index (χ1n) is 6.25. The molecule has 2 saturated carbocycles. The van der Waals surface area contributed by atoms with E-state index in [2.05, 4.69) is 13.8 Å². The number of amides is 1. The monoisotopic (exact) mass is 257 g/mol. The average molecular weight is 257 g/mol. The first-order chi connectivity index (χ1) is 7.72. The summed E-state index contributed by atoms with van der Waals surface area (Å²) < 4.78 is 25.6. The van der Waals surface area contributed by atoms with E-state index < -0.39 is 10.0 Å². The molecular formula is C12H19NO3S. The number of hydrogen-bond donors (Lipinski definition) is 0. The van der Waals surface area contributed by atoms with E-state index >= 15 is 0 Å². The quantitative estimate of drug-likeness (QED) is 0.658. The molecule has 1 aliphatic heterocycles. The van der Waals surface area contributed by atoms with Crippen molar-refractivity contribution in [1.82, 2.24) is 4.31 Å². The smallest absolute Gasteiger partial charge is 0.238 e. The molecule has 0 aromatic rings. The van der Waals surface area contributed by atoms with Gasteiger partial charge in [-0.2, -0.15) is 0 Å². The van der Waals surface area contributed by atoms with E-state index in [0.29, 0.717) is 5.92 Å².